The molecule has 216 valence electrons. The lowest BCUT2D eigenvalue weighted by atomic mass is 9.64. The fraction of sp³-hybridized carbons (Fsp3) is 0.704. The van der Waals surface area contributed by atoms with Gasteiger partial charge in [0.15, 0.2) is 0 Å². The third kappa shape index (κ3) is 6.29. The molecule has 0 N–H and O–H groups in total. The summed E-state index contributed by atoms with van der Waals surface area (Å²) >= 11 is 0. The topological polar surface area (TPSA) is 0 Å². The number of hydrogen-bond acceptors (Lipinski definition) is 12. The van der Waals surface area contributed by atoms with Gasteiger partial charge in [-0.3, -0.25) is 0 Å². The summed E-state index contributed by atoms with van der Waals surface area (Å²) in [6.07, 6.45) is 2.26. The van der Waals surface area contributed by atoms with Crippen LogP contribution in [-0.4, -0.2) is 69.5 Å². The summed E-state index contributed by atoms with van der Waals surface area (Å²) in [7, 11) is 25.9. The summed E-state index contributed by atoms with van der Waals surface area (Å²) in [6, 6.07) is 0. The van der Waals surface area contributed by atoms with Gasteiger partial charge in [0.05, 0.1) is 0 Å². The van der Waals surface area contributed by atoms with E-state index < -0.39 is 0 Å². The van der Waals surface area contributed by atoms with Gasteiger partial charge >= 0.3 is 0 Å². The highest BCUT2D eigenvalue weighted by Gasteiger charge is 2.49. The van der Waals surface area contributed by atoms with Crippen LogP contribution in [0.2, 0.25) is 0 Å². The van der Waals surface area contributed by atoms with Crippen molar-refractivity contribution in [1.29, 1.82) is 0 Å². The molecular formula is C27H36S12. The molecule has 4 heterocycles. The molecule has 2 unspecified atom stereocenters. The molecule has 3 fully saturated rings. The maximum Gasteiger partial charge on any atom is 0.0292 e. The van der Waals surface area contributed by atoms with Gasteiger partial charge < -0.3 is 0 Å². The Bertz CT molecular complexity index is 1090. The third-order valence-corrected chi connectivity index (χ3v) is 22.9. The predicted octanol–water partition coefficient (Wildman–Crippen LogP) is 11.4. The molecule has 6 aliphatic rings. The largest absolute Gasteiger partial charge is 0.0973 e. The minimum Gasteiger partial charge on any atom is -0.0973 e. The molecule has 6 rings (SSSR count). The minimum absolute atomic E-state index is 0.235. The average molecular weight is 745 g/mol. The van der Waals surface area contributed by atoms with Crippen molar-refractivity contribution in [3.8, 4) is 0 Å². The van der Waals surface area contributed by atoms with Crippen molar-refractivity contribution in [2.75, 3.05) is 69.5 Å². The summed E-state index contributed by atoms with van der Waals surface area (Å²) in [5.41, 5.74) is 14.5. The van der Waals surface area contributed by atoms with Gasteiger partial charge in [-0.2, -0.15) is 0 Å². The van der Waals surface area contributed by atoms with Crippen molar-refractivity contribution in [2.24, 2.45) is 22.7 Å². The van der Waals surface area contributed by atoms with Crippen LogP contribution in [0.15, 0.2) is 44.6 Å². The second kappa shape index (κ2) is 14.3. The normalized spacial score (nSPS) is 36.3. The molecule has 0 aromatic rings. The van der Waals surface area contributed by atoms with Gasteiger partial charge in [-0.25, -0.2) is 0 Å². The minimum atomic E-state index is 0.235. The molecule has 39 heavy (non-hydrogen) atoms. The molecule has 6 bridgehead atoms. The van der Waals surface area contributed by atoms with Crippen LogP contribution in [0.4, 0.5) is 0 Å². The van der Waals surface area contributed by atoms with E-state index in [9.17, 15) is 0 Å². The highest BCUT2D eigenvalue weighted by Crippen LogP contribution is 2.61. The van der Waals surface area contributed by atoms with Gasteiger partial charge in [0.2, 0.25) is 0 Å². The molecule has 0 saturated carbocycles. The molecule has 12 heteroatoms. The highest BCUT2D eigenvalue weighted by molar-refractivity contribution is 8.78. The zero-order valence-corrected chi connectivity index (χ0v) is 32.6. The van der Waals surface area contributed by atoms with Gasteiger partial charge in [0.25, 0.3) is 0 Å². The molecule has 0 spiro atoms. The Labute approximate surface area is 283 Å². The molecule has 2 aliphatic carbocycles. The molecular weight excluding hydrogens is 709 g/mol. The molecule has 0 amide bonds. The number of rotatable bonds is 3. The fourth-order valence-corrected chi connectivity index (χ4v) is 21.9. The van der Waals surface area contributed by atoms with Crippen molar-refractivity contribution in [3.63, 3.8) is 0 Å². The standard InChI is InChI=1S/C27H36S12/c1-16-17-5-30-32-8-20-19(7-29-28-4)21-9-33-31-6-18(16)23-11-35-37-13-25(21)27(3)15-39-38-14-26(23,2)22(17)10-34-36-12-24(20)27/h22,24H,5-15H2,1-4H3/t22-,24-,26?,27?/m1/s1. The molecule has 4 atom stereocenters. The van der Waals surface area contributed by atoms with Crippen LogP contribution in [0.5, 0.6) is 0 Å². The van der Waals surface area contributed by atoms with Crippen molar-refractivity contribution >= 4 is 130 Å². The summed E-state index contributed by atoms with van der Waals surface area (Å²) in [6.45, 7) is 7.84. The highest BCUT2D eigenvalue weighted by atomic mass is 33.1. The van der Waals surface area contributed by atoms with Gasteiger partial charge in [-0.15, -0.1) is 0 Å². The Hall–Kier alpha value is 3.16. The van der Waals surface area contributed by atoms with Gasteiger partial charge in [0, 0.05) is 85.9 Å². The van der Waals surface area contributed by atoms with Gasteiger partial charge in [-0.05, 0) is 46.6 Å². The SMILES string of the molecule is CSSCC1=C2CSSCC3=C(C)C4=C5CSSCC(=C1CSSC4)C1(C)CSSCC5(C)[C@@H]3CSSC[C@H]21. The van der Waals surface area contributed by atoms with Gasteiger partial charge in [0.1, 0.15) is 0 Å². The first-order chi connectivity index (χ1) is 19.0. The lowest BCUT2D eigenvalue weighted by Gasteiger charge is -2.50. The number of allylic oxidation sites excluding steroid dienone is 1. The van der Waals surface area contributed by atoms with Gasteiger partial charge in [-0.1, -0.05) is 155 Å². The smallest absolute Gasteiger partial charge is 0.0292 e. The van der Waals surface area contributed by atoms with Crippen LogP contribution in [-0.2, 0) is 0 Å². The van der Waals surface area contributed by atoms with E-state index in [1.54, 1.807) is 44.6 Å². The first kappa shape index (κ1) is 32.1. The van der Waals surface area contributed by atoms with E-state index in [1.807, 2.05) is 10.8 Å². The van der Waals surface area contributed by atoms with Crippen LogP contribution < -0.4 is 0 Å². The molecule has 0 aromatic carbocycles. The average Bonchev–Trinajstić information content (AvgIpc) is 2.90. The summed E-state index contributed by atoms with van der Waals surface area (Å²) in [4.78, 5) is 0. The first-order valence-corrected chi connectivity index (χ1v) is 28.4. The second-order valence-corrected chi connectivity index (χ2v) is 26.1. The van der Waals surface area contributed by atoms with Crippen LogP contribution in [0.1, 0.15) is 20.8 Å². The van der Waals surface area contributed by atoms with E-state index in [0.29, 0.717) is 11.8 Å². The van der Waals surface area contributed by atoms with E-state index in [-0.39, 0.29) is 10.8 Å². The quantitative estimate of drug-likeness (QED) is 0.253. The molecule has 3 saturated heterocycles. The Morgan fingerprint density at radius 1 is 0.641 bits per heavy atom. The van der Waals surface area contributed by atoms with E-state index >= 15 is 0 Å². The Morgan fingerprint density at radius 3 is 1.79 bits per heavy atom. The maximum atomic E-state index is 2.68. The van der Waals surface area contributed by atoms with Crippen molar-refractivity contribution in [3.05, 3.63) is 44.6 Å². The summed E-state index contributed by atoms with van der Waals surface area (Å²) in [5.74, 6) is 14.5. The van der Waals surface area contributed by atoms with E-state index in [1.165, 1.54) is 46.0 Å². The van der Waals surface area contributed by atoms with E-state index in [2.05, 4.69) is 146 Å². The Kier molecular flexibility index (Phi) is 11.8. The Morgan fingerprint density at radius 2 is 1.15 bits per heavy atom. The zero-order valence-electron chi connectivity index (χ0n) is 22.8. The summed E-state index contributed by atoms with van der Waals surface area (Å²) < 4.78 is 0. The molecule has 4 aliphatic heterocycles. The fourth-order valence-electron chi connectivity index (χ4n) is 6.83. The predicted molar refractivity (Wildman–Crippen MR) is 208 cm³/mol. The van der Waals surface area contributed by atoms with Crippen molar-refractivity contribution in [1.82, 2.24) is 0 Å². The van der Waals surface area contributed by atoms with Crippen LogP contribution in [0, 0.1) is 22.7 Å². The molecule has 0 radical (unpaired) electrons. The maximum absolute atomic E-state index is 2.68. The van der Waals surface area contributed by atoms with E-state index in [4.69, 9.17) is 0 Å². The van der Waals surface area contributed by atoms with Crippen molar-refractivity contribution < 1.29 is 0 Å². The van der Waals surface area contributed by atoms with Crippen molar-refractivity contribution in [2.45, 2.75) is 20.8 Å². The number of fused-ring (bicyclic) bond motifs is 9. The zero-order chi connectivity index (χ0) is 27.0. The van der Waals surface area contributed by atoms with Crippen LogP contribution in [0.3, 0.4) is 0 Å². The lowest BCUT2D eigenvalue weighted by molar-refractivity contribution is 0.330. The monoisotopic (exact) mass is 744 g/mol. The second-order valence-electron chi connectivity index (χ2n) is 11.1. The third-order valence-electron chi connectivity index (χ3n) is 9.34. The van der Waals surface area contributed by atoms with E-state index in [0.717, 1.165) is 17.3 Å². The molecule has 0 nitrogen and oxygen atoms in total. The lowest BCUT2D eigenvalue weighted by Crippen LogP contribution is -2.43. The summed E-state index contributed by atoms with van der Waals surface area (Å²) in [5, 5.41) is 0. The van der Waals surface area contributed by atoms with Crippen LogP contribution >= 0.6 is 130 Å². The number of hydrogen-bond donors (Lipinski definition) is 0. The van der Waals surface area contributed by atoms with Crippen LogP contribution in [0.25, 0.3) is 0 Å². The Balaban J connectivity index is 1.62. The first-order valence-electron chi connectivity index (χ1n) is 13.2. The molecule has 0 aromatic heterocycles.